The third-order valence-corrected chi connectivity index (χ3v) is 8.56. The van der Waals surface area contributed by atoms with Gasteiger partial charge in [0.15, 0.2) is 0 Å². The van der Waals surface area contributed by atoms with Gasteiger partial charge in [0.25, 0.3) is 0 Å². The number of imidazole rings is 2. The van der Waals surface area contributed by atoms with Gasteiger partial charge in [-0.3, -0.25) is 0 Å². The van der Waals surface area contributed by atoms with Gasteiger partial charge in [-0.15, -0.1) is 0 Å². The molecule has 0 unspecified atom stereocenters. The minimum absolute atomic E-state index is 0.388. The molecule has 4 aromatic carbocycles. The number of nitrogens with zero attached hydrogens (tertiary/aromatic N) is 4. The fraction of sp³-hybridized carbons (Fsp3) is 0.316. The van der Waals surface area contributed by atoms with E-state index >= 15 is 0 Å². The first kappa shape index (κ1) is 28.0. The van der Waals surface area contributed by atoms with Crippen LogP contribution >= 0.6 is 0 Å². The predicted octanol–water partition coefficient (Wildman–Crippen LogP) is 8.17. The third kappa shape index (κ3) is 4.73. The van der Waals surface area contributed by atoms with E-state index in [1.165, 1.54) is 33.4 Å². The van der Waals surface area contributed by atoms with Crippen LogP contribution in [-0.2, 0) is 14.1 Å². The fourth-order valence-electron chi connectivity index (χ4n) is 6.23. The average molecular weight is 555 g/mol. The molecule has 2 aromatic heterocycles. The zero-order valence-electron chi connectivity index (χ0n) is 26.4. The van der Waals surface area contributed by atoms with E-state index < -0.39 is 0 Å². The summed E-state index contributed by atoms with van der Waals surface area (Å²) in [5.74, 6) is 1.25. The van der Waals surface area contributed by atoms with Crippen LogP contribution in [-0.4, -0.2) is 9.13 Å². The zero-order valence-corrected chi connectivity index (χ0v) is 26.4. The second-order valence-corrected chi connectivity index (χ2v) is 12.7. The van der Waals surface area contributed by atoms with Gasteiger partial charge in [0.1, 0.15) is 0 Å². The van der Waals surface area contributed by atoms with Crippen molar-refractivity contribution >= 4 is 22.1 Å². The smallest absolute Gasteiger partial charge is 0.244 e. The highest BCUT2D eigenvalue weighted by molar-refractivity contribution is 5.78. The molecule has 0 radical (unpaired) electrons. The van der Waals surface area contributed by atoms with Gasteiger partial charge >= 0.3 is 0 Å². The van der Waals surface area contributed by atoms with Crippen LogP contribution in [0.4, 0.5) is 0 Å². The summed E-state index contributed by atoms with van der Waals surface area (Å²) >= 11 is 0. The first-order valence-corrected chi connectivity index (χ1v) is 15.2. The van der Waals surface area contributed by atoms with E-state index in [0.29, 0.717) is 17.8 Å². The number of para-hydroxylation sites is 2. The first-order valence-electron chi connectivity index (χ1n) is 15.2. The minimum atomic E-state index is 0.388. The van der Waals surface area contributed by atoms with Crippen molar-refractivity contribution in [1.82, 2.24) is 9.13 Å². The van der Waals surface area contributed by atoms with Crippen LogP contribution in [0.5, 0.6) is 0 Å². The molecule has 0 aliphatic heterocycles. The van der Waals surface area contributed by atoms with E-state index in [4.69, 9.17) is 0 Å². The summed E-state index contributed by atoms with van der Waals surface area (Å²) in [5, 5.41) is 0. The molecule has 4 heteroatoms. The number of aromatic nitrogens is 4. The van der Waals surface area contributed by atoms with Crippen LogP contribution in [0.15, 0.2) is 72.8 Å². The van der Waals surface area contributed by atoms with Gasteiger partial charge in [-0.2, -0.15) is 0 Å². The molecule has 42 heavy (non-hydrogen) atoms. The molecule has 4 nitrogen and oxygen atoms in total. The standard InChI is InChI=1S/C38H42N4/c1-24(2)28-19-32(25(3)4)38(33(20-28)26(5)6)29-17-30(41-22-39(8)34-12-10-11-13-36(34)41)21-31(18-29)42-23-40(9)35-15-14-27(7)16-37(35)42/h10-21,24-26H,1-9H3. The predicted molar refractivity (Wildman–Crippen MR) is 173 cm³/mol. The molecule has 0 bridgehead atoms. The van der Waals surface area contributed by atoms with Gasteiger partial charge in [-0.25, -0.2) is 0 Å². The van der Waals surface area contributed by atoms with Crippen LogP contribution in [0.3, 0.4) is 0 Å². The highest BCUT2D eigenvalue weighted by Gasteiger charge is 2.21. The Hall–Kier alpha value is -4.18. The number of fused-ring (bicyclic) bond motifs is 2. The lowest BCUT2D eigenvalue weighted by molar-refractivity contribution is -0.581. The Morgan fingerprint density at radius 2 is 1.14 bits per heavy atom. The molecule has 0 saturated carbocycles. The van der Waals surface area contributed by atoms with Crippen LogP contribution in [0.25, 0.3) is 44.6 Å². The van der Waals surface area contributed by atoms with E-state index in [-0.39, 0.29) is 0 Å². The number of benzene rings is 4. The highest BCUT2D eigenvalue weighted by atomic mass is 15.1. The second kappa shape index (κ2) is 10.6. The molecule has 0 spiro atoms. The summed E-state index contributed by atoms with van der Waals surface area (Å²) in [7, 11) is 4.14. The number of hydrogen-bond acceptors (Lipinski definition) is 0. The van der Waals surface area contributed by atoms with E-state index in [2.05, 4.69) is 166 Å². The Morgan fingerprint density at radius 1 is 0.595 bits per heavy atom. The molecule has 0 aliphatic carbocycles. The Kier molecular flexibility index (Phi) is 7.04. The Labute approximate surface area is 250 Å². The maximum absolute atomic E-state index is 3.60. The maximum Gasteiger partial charge on any atom is 0.244 e. The molecule has 0 amide bonds. The number of aryl methyl sites for hydroxylation is 3. The summed E-state index contributed by atoms with van der Waals surface area (Å²) in [6.07, 6.45) is 7.19. The van der Waals surface area contributed by atoms with Crippen molar-refractivity contribution in [3.63, 3.8) is 0 Å². The second-order valence-electron chi connectivity index (χ2n) is 12.7. The van der Waals surface area contributed by atoms with E-state index in [1.807, 2.05) is 0 Å². The van der Waals surface area contributed by atoms with Gasteiger partial charge in [0.2, 0.25) is 12.7 Å². The van der Waals surface area contributed by atoms with Gasteiger partial charge in [0.05, 0.1) is 36.2 Å². The molecular formula is C38H42N4. The summed E-state index contributed by atoms with van der Waals surface area (Å²) in [6, 6.07) is 27.0. The van der Waals surface area contributed by atoms with Crippen LogP contribution in [0, 0.1) is 19.6 Å². The average Bonchev–Trinajstić information content (AvgIpc) is 3.48. The molecule has 6 rings (SSSR count). The Balaban J connectivity index is 1.72. The zero-order chi connectivity index (χ0) is 29.9. The van der Waals surface area contributed by atoms with Crippen molar-refractivity contribution < 1.29 is 9.13 Å². The summed E-state index contributed by atoms with van der Waals surface area (Å²) in [5.41, 5.74) is 14.8. The molecule has 0 atom stereocenters. The Morgan fingerprint density at radius 3 is 1.71 bits per heavy atom. The van der Waals surface area contributed by atoms with Crippen molar-refractivity contribution in [3.05, 3.63) is 108 Å². The largest absolute Gasteiger partial charge is 0.320 e. The number of rotatable bonds is 6. The molecule has 0 aliphatic rings. The Bertz CT molecular complexity index is 1920. The molecule has 6 aromatic rings. The normalized spacial score (nSPS) is 12.1. The molecule has 0 fully saturated rings. The van der Waals surface area contributed by atoms with Crippen molar-refractivity contribution in [2.45, 2.75) is 66.2 Å². The van der Waals surface area contributed by atoms with Crippen molar-refractivity contribution in [1.29, 1.82) is 0 Å². The van der Waals surface area contributed by atoms with Crippen molar-refractivity contribution in [3.8, 4) is 22.5 Å². The fourth-order valence-corrected chi connectivity index (χ4v) is 6.23. The summed E-state index contributed by atoms with van der Waals surface area (Å²) in [4.78, 5) is 0. The van der Waals surface area contributed by atoms with E-state index in [9.17, 15) is 0 Å². The van der Waals surface area contributed by atoms with Crippen LogP contribution < -0.4 is 9.13 Å². The lowest BCUT2D eigenvalue weighted by atomic mass is 9.81. The summed E-state index contributed by atoms with van der Waals surface area (Å²) < 4.78 is 8.59. The quantitative estimate of drug-likeness (QED) is 0.146. The third-order valence-electron chi connectivity index (χ3n) is 8.56. The molecule has 0 saturated heterocycles. The molecule has 2 heterocycles. The molecule has 214 valence electrons. The molecular weight excluding hydrogens is 512 g/mol. The van der Waals surface area contributed by atoms with E-state index in [1.54, 1.807) is 0 Å². The topological polar surface area (TPSA) is 17.6 Å². The summed E-state index contributed by atoms with van der Waals surface area (Å²) in [6.45, 7) is 16.0. The lowest BCUT2D eigenvalue weighted by Gasteiger charge is -2.24. The van der Waals surface area contributed by atoms with Gasteiger partial charge < -0.3 is 18.3 Å². The van der Waals surface area contributed by atoms with Crippen molar-refractivity contribution in [2.75, 3.05) is 0 Å². The SMILES string of the molecule is Cc1ccc2c(c1)[n+](-c1cc(-c3c(C(C)C)cc(C(C)C)cc3C(C)C)cc(-[n+]3[c-]n(C)c4ccccc43)c1)[c-]n2C. The van der Waals surface area contributed by atoms with Gasteiger partial charge in [0, 0.05) is 11.4 Å². The van der Waals surface area contributed by atoms with Gasteiger partial charge in [-0.05, 0) is 52.5 Å². The van der Waals surface area contributed by atoms with Crippen molar-refractivity contribution in [2.24, 2.45) is 14.1 Å². The lowest BCUT2D eigenvalue weighted by Crippen LogP contribution is -2.33. The van der Waals surface area contributed by atoms with Crippen LogP contribution in [0.1, 0.15) is 81.5 Å². The number of hydrogen-bond donors (Lipinski definition) is 0. The van der Waals surface area contributed by atoms with E-state index in [0.717, 1.165) is 33.4 Å². The first-order chi connectivity index (χ1) is 20.0. The monoisotopic (exact) mass is 554 g/mol. The maximum atomic E-state index is 3.60. The van der Waals surface area contributed by atoms with Gasteiger partial charge in [-0.1, -0.05) is 120 Å². The highest BCUT2D eigenvalue weighted by Crippen LogP contribution is 2.39. The molecule has 0 N–H and O–H groups in total. The van der Waals surface area contributed by atoms with Crippen LogP contribution in [0.2, 0.25) is 0 Å². The minimum Gasteiger partial charge on any atom is -0.320 e.